The lowest BCUT2D eigenvalue weighted by Crippen LogP contribution is -2.29. The normalized spacial score (nSPS) is 10.4. The summed E-state index contributed by atoms with van der Waals surface area (Å²) in [5.41, 5.74) is 0. The standard InChI is InChI=1S/C10H11F2NO4S/c1-16-8(14)4-13-9(15)7-3-2-6(17-7)5-18-10(11)12/h2-3,10H,4-5H2,1H3,(H,13,15). The molecule has 0 aromatic carbocycles. The maximum atomic E-state index is 11.9. The molecule has 1 aromatic rings. The van der Waals surface area contributed by atoms with E-state index < -0.39 is 17.6 Å². The predicted molar refractivity (Wildman–Crippen MR) is 60.4 cm³/mol. The lowest BCUT2D eigenvalue weighted by molar-refractivity contribution is -0.139. The number of nitrogens with one attached hydrogen (secondary N) is 1. The minimum atomic E-state index is -2.49. The Morgan fingerprint density at radius 1 is 1.50 bits per heavy atom. The van der Waals surface area contributed by atoms with Crippen LogP contribution in [0.2, 0.25) is 0 Å². The van der Waals surface area contributed by atoms with Gasteiger partial charge in [-0.15, -0.1) is 0 Å². The van der Waals surface area contributed by atoms with Gasteiger partial charge in [0.25, 0.3) is 11.7 Å². The van der Waals surface area contributed by atoms with Gasteiger partial charge in [0.05, 0.1) is 12.9 Å². The third-order valence-corrected chi connectivity index (χ3v) is 2.56. The van der Waals surface area contributed by atoms with Gasteiger partial charge in [-0.1, -0.05) is 11.8 Å². The zero-order chi connectivity index (χ0) is 13.5. The van der Waals surface area contributed by atoms with Crippen LogP contribution < -0.4 is 5.32 Å². The first-order valence-electron chi connectivity index (χ1n) is 4.86. The largest absolute Gasteiger partial charge is 0.468 e. The molecule has 0 bridgehead atoms. The van der Waals surface area contributed by atoms with Crippen LogP contribution in [0.1, 0.15) is 16.3 Å². The van der Waals surface area contributed by atoms with Gasteiger partial charge < -0.3 is 14.5 Å². The second-order valence-electron chi connectivity index (χ2n) is 3.10. The monoisotopic (exact) mass is 279 g/mol. The SMILES string of the molecule is COC(=O)CNC(=O)c1ccc(CSC(F)F)o1. The van der Waals surface area contributed by atoms with E-state index in [2.05, 4.69) is 10.1 Å². The van der Waals surface area contributed by atoms with E-state index in [4.69, 9.17) is 4.42 Å². The summed E-state index contributed by atoms with van der Waals surface area (Å²) in [6.07, 6.45) is 0. The molecule has 0 unspecified atom stereocenters. The number of rotatable bonds is 6. The molecule has 5 nitrogen and oxygen atoms in total. The van der Waals surface area contributed by atoms with Crippen LogP contribution in [-0.4, -0.2) is 31.3 Å². The first kappa shape index (κ1) is 14.5. The Morgan fingerprint density at radius 3 is 2.83 bits per heavy atom. The van der Waals surface area contributed by atoms with Crippen molar-refractivity contribution < 1.29 is 27.5 Å². The smallest absolute Gasteiger partial charge is 0.325 e. The highest BCUT2D eigenvalue weighted by Gasteiger charge is 2.13. The first-order valence-corrected chi connectivity index (χ1v) is 5.91. The highest BCUT2D eigenvalue weighted by Crippen LogP contribution is 2.21. The van der Waals surface area contributed by atoms with Gasteiger partial charge in [0.15, 0.2) is 5.76 Å². The van der Waals surface area contributed by atoms with Crippen LogP contribution in [0.5, 0.6) is 0 Å². The van der Waals surface area contributed by atoms with Crippen LogP contribution in [0.15, 0.2) is 16.5 Å². The highest BCUT2D eigenvalue weighted by atomic mass is 32.2. The number of amides is 1. The Hall–Kier alpha value is -1.57. The van der Waals surface area contributed by atoms with E-state index in [0.29, 0.717) is 11.8 Å². The van der Waals surface area contributed by atoms with E-state index in [9.17, 15) is 18.4 Å². The Labute approximate surface area is 106 Å². The van der Waals surface area contributed by atoms with Crippen molar-refractivity contribution in [1.29, 1.82) is 0 Å². The van der Waals surface area contributed by atoms with Crippen molar-refractivity contribution in [2.24, 2.45) is 0 Å². The fourth-order valence-electron chi connectivity index (χ4n) is 1.03. The number of ether oxygens (including phenoxy) is 1. The topological polar surface area (TPSA) is 68.5 Å². The number of methoxy groups -OCH3 is 1. The van der Waals surface area contributed by atoms with Crippen LogP contribution in [0.25, 0.3) is 0 Å². The van der Waals surface area contributed by atoms with E-state index in [1.54, 1.807) is 0 Å². The molecule has 0 fully saturated rings. The third kappa shape index (κ3) is 4.74. The highest BCUT2D eigenvalue weighted by molar-refractivity contribution is 7.98. The molecule has 1 heterocycles. The molecule has 0 spiro atoms. The van der Waals surface area contributed by atoms with Crippen LogP contribution >= 0.6 is 11.8 Å². The number of alkyl halides is 2. The van der Waals surface area contributed by atoms with Crippen LogP contribution in [-0.2, 0) is 15.3 Å². The van der Waals surface area contributed by atoms with Gasteiger partial charge in [-0.2, -0.15) is 8.78 Å². The van der Waals surface area contributed by atoms with E-state index in [1.807, 2.05) is 0 Å². The quantitative estimate of drug-likeness (QED) is 0.802. The van der Waals surface area contributed by atoms with Crippen molar-refractivity contribution in [3.8, 4) is 0 Å². The molecule has 100 valence electrons. The second-order valence-corrected chi connectivity index (χ2v) is 4.07. The summed E-state index contributed by atoms with van der Waals surface area (Å²) >= 11 is 0.398. The molecule has 0 aliphatic rings. The minimum Gasteiger partial charge on any atom is -0.468 e. The zero-order valence-electron chi connectivity index (χ0n) is 9.44. The molecule has 1 amide bonds. The fourth-order valence-corrected chi connectivity index (χ4v) is 1.48. The fraction of sp³-hybridized carbons (Fsp3) is 0.400. The summed E-state index contributed by atoms with van der Waals surface area (Å²) in [6, 6.07) is 2.79. The Kier molecular flexibility index (Phi) is 5.63. The molecule has 0 aliphatic carbocycles. The molecule has 0 aliphatic heterocycles. The molecular weight excluding hydrogens is 268 g/mol. The maximum absolute atomic E-state index is 11.9. The molecule has 1 N–H and O–H groups in total. The van der Waals surface area contributed by atoms with E-state index in [1.165, 1.54) is 19.2 Å². The number of hydrogen-bond acceptors (Lipinski definition) is 5. The van der Waals surface area contributed by atoms with Crippen molar-refractivity contribution >= 4 is 23.6 Å². The van der Waals surface area contributed by atoms with Crippen molar-refractivity contribution in [3.63, 3.8) is 0 Å². The summed E-state index contributed by atoms with van der Waals surface area (Å²) in [7, 11) is 1.20. The van der Waals surface area contributed by atoms with Gasteiger partial charge in [0.1, 0.15) is 12.3 Å². The Balaban J connectivity index is 2.46. The summed E-state index contributed by atoms with van der Waals surface area (Å²) in [5.74, 6) is -3.49. The molecule has 0 atom stereocenters. The molecular formula is C10H11F2NO4S. The van der Waals surface area contributed by atoms with Gasteiger partial charge in [-0.05, 0) is 12.1 Å². The number of furan rings is 1. The van der Waals surface area contributed by atoms with Crippen molar-refractivity contribution in [2.45, 2.75) is 11.5 Å². The van der Waals surface area contributed by atoms with Crippen LogP contribution in [0.4, 0.5) is 8.78 Å². The Morgan fingerprint density at radius 2 is 2.22 bits per heavy atom. The summed E-state index contributed by atoms with van der Waals surface area (Å²) in [4.78, 5) is 22.2. The number of thioether (sulfide) groups is 1. The van der Waals surface area contributed by atoms with E-state index >= 15 is 0 Å². The molecule has 0 radical (unpaired) electrons. The van der Waals surface area contributed by atoms with Crippen molar-refractivity contribution in [1.82, 2.24) is 5.32 Å². The van der Waals surface area contributed by atoms with E-state index in [-0.39, 0.29) is 23.8 Å². The zero-order valence-corrected chi connectivity index (χ0v) is 10.3. The van der Waals surface area contributed by atoms with Crippen LogP contribution in [0, 0.1) is 0 Å². The average Bonchev–Trinajstić information content (AvgIpc) is 2.81. The lowest BCUT2D eigenvalue weighted by Gasteiger charge is -2.01. The number of carbonyl (C=O) groups excluding carboxylic acids is 2. The second kappa shape index (κ2) is 7.00. The minimum absolute atomic E-state index is 0.0258. The number of esters is 1. The van der Waals surface area contributed by atoms with Crippen molar-refractivity contribution in [2.75, 3.05) is 13.7 Å². The molecule has 0 saturated heterocycles. The molecule has 1 rings (SSSR count). The molecule has 1 aromatic heterocycles. The van der Waals surface area contributed by atoms with Gasteiger partial charge in [0.2, 0.25) is 0 Å². The van der Waals surface area contributed by atoms with Gasteiger partial charge >= 0.3 is 5.97 Å². The number of carbonyl (C=O) groups is 2. The molecule has 18 heavy (non-hydrogen) atoms. The van der Waals surface area contributed by atoms with Crippen LogP contribution in [0.3, 0.4) is 0 Å². The summed E-state index contributed by atoms with van der Waals surface area (Å²) in [6.45, 7) is -0.281. The first-order chi connectivity index (χ1) is 8.52. The predicted octanol–water partition coefficient (Wildman–Crippen LogP) is 1.64. The van der Waals surface area contributed by atoms with Gasteiger partial charge in [0, 0.05) is 0 Å². The molecule has 8 heteroatoms. The number of hydrogen-bond donors (Lipinski definition) is 1. The summed E-state index contributed by atoms with van der Waals surface area (Å²) < 4.78 is 33.2. The van der Waals surface area contributed by atoms with Gasteiger partial charge in [-0.25, -0.2) is 0 Å². The number of halogens is 2. The van der Waals surface area contributed by atoms with E-state index in [0.717, 1.165) is 0 Å². The molecule has 0 saturated carbocycles. The average molecular weight is 279 g/mol. The van der Waals surface area contributed by atoms with Crippen molar-refractivity contribution in [3.05, 3.63) is 23.7 Å². The summed E-state index contributed by atoms with van der Waals surface area (Å²) in [5, 5.41) is 2.27. The lowest BCUT2D eigenvalue weighted by atomic mass is 10.4. The third-order valence-electron chi connectivity index (χ3n) is 1.86. The maximum Gasteiger partial charge on any atom is 0.325 e. The Bertz CT molecular complexity index is 422. The van der Waals surface area contributed by atoms with Gasteiger partial charge in [-0.3, -0.25) is 9.59 Å².